The molecular formula is C14H20N2O4. The largest absolute Gasteiger partial charge is 0.431 e. The van der Waals surface area contributed by atoms with Gasteiger partial charge < -0.3 is 9.84 Å². The highest BCUT2D eigenvalue weighted by molar-refractivity contribution is 5.82. The van der Waals surface area contributed by atoms with Crippen molar-refractivity contribution in [1.82, 2.24) is 5.01 Å². The van der Waals surface area contributed by atoms with E-state index in [-0.39, 0.29) is 6.54 Å². The molecule has 6 nitrogen and oxygen atoms in total. The minimum atomic E-state index is -0.959. The van der Waals surface area contributed by atoms with E-state index in [1.165, 1.54) is 5.56 Å². The van der Waals surface area contributed by atoms with Gasteiger partial charge in [0.15, 0.2) is 0 Å². The SMILES string of the molecule is CC(=O)OC(=O)N(N)CC(O)CCCc1ccccc1. The number of ether oxygens (including phenoxy) is 1. The third-order valence-electron chi connectivity index (χ3n) is 2.72. The third-order valence-corrected chi connectivity index (χ3v) is 2.72. The summed E-state index contributed by atoms with van der Waals surface area (Å²) in [7, 11) is 0. The van der Waals surface area contributed by atoms with Crippen molar-refractivity contribution in [2.24, 2.45) is 5.84 Å². The fourth-order valence-corrected chi connectivity index (χ4v) is 1.76. The topological polar surface area (TPSA) is 92.9 Å². The van der Waals surface area contributed by atoms with Gasteiger partial charge in [0.2, 0.25) is 0 Å². The standard InChI is InChI=1S/C14H20N2O4/c1-11(17)20-14(19)16(15)10-13(18)9-5-8-12-6-3-2-4-7-12/h2-4,6-7,13,18H,5,8-10,15H2,1H3. The molecule has 0 aromatic heterocycles. The Labute approximate surface area is 118 Å². The molecule has 1 aromatic rings. The number of carbonyl (C=O) groups excluding carboxylic acids is 2. The number of hydrogen-bond acceptors (Lipinski definition) is 5. The molecule has 0 saturated heterocycles. The van der Waals surface area contributed by atoms with E-state index in [1.807, 2.05) is 30.3 Å². The highest BCUT2D eigenvalue weighted by atomic mass is 16.6. The lowest BCUT2D eigenvalue weighted by Crippen LogP contribution is -2.43. The zero-order valence-corrected chi connectivity index (χ0v) is 11.5. The summed E-state index contributed by atoms with van der Waals surface area (Å²) in [6.45, 7) is 1.04. The Balaban J connectivity index is 2.24. The van der Waals surface area contributed by atoms with Crippen LogP contribution in [0.1, 0.15) is 25.3 Å². The average Bonchev–Trinajstić information content (AvgIpc) is 2.39. The number of amides is 1. The van der Waals surface area contributed by atoms with Crippen LogP contribution in [-0.4, -0.2) is 34.8 Å². The number of aliphatic hydroxyl groups is 1. The van der Waals surface area contributed by atoms with Crippen molar-refractivity contribution in [2.75, 3.05) is 6.54 Å². The Hall–Kier alpha value is -1.92. The number of aliphatic hydroxyl groups excluding tert-OH is 1. The van der Waals surface area contributed by atoms with Crippen molar-refractivity contribution in [3.8, 4) is 0 Å². The van der Waals surface area contributed by atoms with Gasteiger partial charge in [0.05, 0.1) is 12.6 Å². The molecule has 1 amide bonds. The Kier molecular flexibility index (Phi) is 6.69. The number of nitrogens with two attached hydrogens (primary N) is 1. The van der Waals surface area contributed by atoms with Gasteiger partial charge in [-0.2, -0.15) is 0 Å². The van der Waals surface area contributed by atoms with E-state index in [0.29, 0.717) is 11.4 Å². The van der Waals surface area contributed by atoms with E-state index in [4.69, 9.17) is 5.84 Å². The minimum absolute atomic E-state index is 0.0685. The van der Waals surface area contributed by atoms with Gasteiger partial charge in [-0.05, 0) is 24.8 Å². The van der Waals surface area contributed by atoms with E-state index in [9.17, 15) is 14.7 Å². The van der Waals surface area contributed by atoms with Crippen molar-refractivity contribution in [1.29, 1.82) is 0 Å². The quantitative estimate of drug-likeness (QED) is 0.269. The van der Waals surface area contributed by atoms with Crippen LogP contribution in [0.3, 0.4) is 0 Å². The summed E-state index contributed by atoms with van der Waals surface area (Å²) in [6, 6.07) is 9.92. The molecule has 0 bridgehead atoms. The molecule has 0 heterocycles. The lowest BCUT2D eigenvalue weighted by atomic mass is 10.1. The van der Waals surface area contributed by atoms with Gasteiger partial charge in [0.1, 0.15) is 0 Å². The van der Waals surface area contributed by atoms with Crippen molar-refractivity contribution < 1.29 is 19.4 Å². The van der Waals surface area contributed by atoms with Crippen molar-refractivity contribution in [3.63, 3.8) is 0 Å². The Morgan fingerprint density at radius 1 is 1.35 bits per heavy atom. The van der Waals surface area contributed by atoms with E-state index in [2.05, 4.69) is 4.74 Å². The lowest BCUT2D eigenvalue weighted by Gasteiger charge is -2.18. The molecule has 0 fully saturated rings. The summed E-state index contributed by atoms with van der Waals surface area (Å²) >= 11 is 0. The number of hydrazine groups is 1. The monoisotopic (exact) mass is 280 g/mol. The number of benzene rings is 1. The van der Waals surface area contributed by atoms with E-state index in [1.54, 1.807) is 0 Å². The molecule has 0 radical (unpaired) electrons. The molecule has 110 valence electrons. The summed E-state index contributed by atoms with van der Waals surface area (Å²) in [5, 5.41) is 10.5. The lowest BCUT2D eigenvalue weighted by molar-refractivity contribution is -0.136. The van der Waals surface area contributed by atoms with Gasteiger partial charge in [-0.25, -0.2) is 15.6 Å². The Bertz CT molecular complexity index is 436. The Morgan fingerprint density at radius 2 is 2.00 bits per heavy atom. The molecule has 1 aromatic carbocycles. The van der Waals surface area contributed by atoms with Crippen LogP contribution < -0.4 is 5.84 Å². The summed E-state index contributed by atoms with van der Waals surface area (Å²) in [6.07, 6.45) is 0.430. The van der Waals surface area contributed by atoms with Crippen LogP contribution in [0.2, 0.25) is 0 Å². The average molecular weight is 280 g/mol. The fraction of sp³-hybridized carbons (Fsp3) is 0.429. The minimum Gasteiger partial charge on any atom is -0.391 e. The highest BCUT2D eigenvalue weighted by Gasteiger charge is 2.16. The number of nitrogens with zero attached hydrogens (tertiary/aromatic N) is 1. The smallest absolute Gasteiger partial charge is 0.391 e. The molecule has 20 heavy (non-hydrogen) atoms. The van der Waals surface area contributed by atoms with Gasteiger partial charge in [-0.15, -0.1) is 0 Å². The zero-order chi connectivity index (χ0) is 15.0. The summed E-state index contributed by atoms with van der Waals surface area (Å²) in [5.74, 6) is 4.66. The molecule has 1 atom stereocenters. The predicted octanol–water partition coefficient (Wildman–Crippen LogP) is 1.23. The first-order chi connectivity index (χ1) is 9.49. The molecular weight excluding hydrogens is 260 g/mol. The van der Waals surface area contributed by atoms with Crippen LogP contribution in [0.4, 0.5) is 4.79 Å². The summed E-state index contributed by atoms with van der Waals surface area (Å²) in [4.78, 5) is 21.8. The zero-order valence-electron chi connectivity index (χ0n) is 11.5. The number of carbonyl (C=O) groups is 2. The molecule has 0 spiro atoms. The summed E-state index contributed by atoms with van der Waals surface area (Å²) in [5.41, 5.74) is 1.19. The van der Waals surface area contributed by atoms with Crippen LogP contribution in [0.5, 0.6) is 0 Å². The van der Waals surface area contributed by atoms with Crippen LogP contribution in [0, 0.1) is 0 Å². The number of aryl methyl sites for hydroxylation is 1. The highest BCUT2D eigenvalue weighted by Crippen LogP contribution is 2.07. The molecule has 1 unspecified atom stereocenters. The first-order valence-corrected chi connectivity index (χ1v) is 6.45. The molecule has 0 aliphatic rings. The van der Waals surface area contributed by atoms with Gasteiger partial charge in [0, 0.05) is 6.92 Å². The Morgan fingerprint density at radius 3 is 2.60 bits per heavy atom. The third kappa shape index (κ3) is 6.31. The maximum Gasteiger partial charge on any atom is 0.431 e. The normalized spacial score (nSPS) is 11.8. The second-order valence-corrected chi connectivity index (χ2v) is 4.54. The first-order valence-electron chi connectivity index (χ1n) is 6.45. The van der Waals surface area contributed by atoms with Crippen LogP contribution in [0.25, 0.3) is 0 Å². The van der Waals surface area contributed by atoms with E-state index >= 15 is 0 Å². The summed E-state index contributed by atoms with van der Waals surface area (Å²) < 4.78 is 4.30. The fourth-order valence-electron chi connectivity index (χ4n) is 1.76. The molecule has 3 N–H and O–H groups in total. The van der Waals surface area contributed by atoms with E-state index < -0.39 is 18.2 Å². The number of hydrogen-bond donors (Lipinski definition) is 2. The van der Waals surface area contributed by atoms with Gasteiger partial charge >= 0.3 is 12.1 Å². The number of rotatable bonds is 6. The molecule has 1 rings (SSSR count). The van der Waals surface area contributed by atoms with Crippen LogP contribution in [0.15, 0.2) is 30.3 Å². The van der Waals surface area contributed by atoms with Gasteiger partial charge in [-0.3, -0.25) is 4.79 Å². The van der Waals surface area contributed by atoms with Crippen molar-refractivity contribution >= 4 is 12.1 Å². The second kappa shape index (κ2) is 8.29. The van der Waals surface area contributed by atoms with Crippen LogP contribution in [-0.2, 0) is 16.0 Å². The molecule has 6 heteroatoms. The molecule has 0 aliphatic carbocycles. The number of esters is 1. The maximum absolute atomic E-state index is 11.2. The van der Waals surface area contributed by atoms with E-state index in [0.717, 1.165) is 19.8 Å². The first kappa shape index (κ1) is 16.1. The predicted molar refractivity (Wildman–Crippen MR) is 73.4 cm³/mol. The molecule has 0 saturated carbocycles. The van der Waals surface area contributed by atoms with Crippen molar-refractivity contribution in [3.05, 3.63) is 35.9 Å². The molecule has 0 aliphatic heterocycles. The second-order valence-electron chi connectivity index (χ2n) is 4.54. The van der Waals surface area contributed by atoms with Crippen LogP contribution >= 0.6 is 0 Å². The van der Waals surface area contributed by atoms with Crippen molar-refractivity contribution in [2.45, 2.75) is 32.3 Å². The van der Waals surface area contributed by atoms with Gasteiger partial charge in [-0.1, -0.05) is 30.3 Å². The maximum atomic E-state index is 11.2. The van der Waals surface area contributed by atoms with Gasteiger partial charge in [0.25, 0.3) is 0 Å².